The van der Waals surface area contributed by atoms with E-state index < -0.39 is 0 Å². The Hall–Kier alpha value is -0.830. The molecule has 2 rings (SSSR count). The van der Waals surface area contributed by atoms with E-state index in [1.165, 1.54) is 19.0 Å². The highest BCUT2D eigenvalue weighted by Gasteiger charge is 2.48. The Morgan fingerprint density at radius 2 is 2.07 bits per heavy atom. The Balaban J connectivity index is 1.88. The average molecular weight is 208 g/mol. The van der Waals surface area contributed by atoms with Crippen LogP contribution in [-0.4, -0.2) is 47.9 Å². The van der Waals surface area contributed by atoms with Gasteiger partial charge in [0.25, 0.3) is 0 Å². The second-order valence-corrected chi connectivity index (χ2v) is 5.21. The molecule has 0 aliphatic carbocycles. The lowest BCUT2D eigenvalue weighted by Gasteiger charge is -2.48. The van der Waals surface area contributed by atoms with Crippen molar-refractivity contribution >= 4 is 5.91 Å². The van der Waals surface area contributed by atoms with Crippen LogP contribution in [0.25, 0.3) is 0 Å². The van der Waals surface area contributed by atoms with Gasteiger partial charge in [-0.1, -0.05) is 6.58 Å². The molecule has 2 aliphatic heterocycles. The lowest BCUT2D eigenvalue weighted by molar-refractivity contribution is -0.137. The molecule has 2 aliphatic rings. The molecule has 3 heteroatoms. The molecule has 3 nitrogen and oxygen atoms in total. The van der Waals surface area contributed by atoms with Crippen LogP contribution in [0.1, 0.15) is 20.3 Å². The summed E-state index contributed by atoms with van der Waals surface area (Å²) >= 11 is 0. The zero-order valence-corrected chi connectivity index (χ0v) is 9.70. The van der Waals surface area contributed by atoms with Crippen molar-refractivity contribution in [1.29, 1.82) is 0 Å². The van der Waals surface area contributed by atoms with E-state index in [4.69, 9.17) is 0 Å². The summed E-state index contributed by atoms with van der Waals surface area (Å²) in [5.74, 6) is 0.0867. The van der Waals surface area contributed by atoms with Crippen molar-refractivity contribution in [3.05, 3.63) is 12.7 Å². The van der Waals surface area contributed by atoms with Crippen molar-refractivity contribution in [2.75, 3.05) is 26.2 Å². The van der Waals surface area contributed by atoms with E-state index in [9.17, 15) is 4.79 Å². The maximum atomic E-state index is 11.3. The number of hydrogen-bond donors (Lipinski definition) is 0. The van der Waals surface area contributed by atoms with Gasteiger partial charge in [0, 0.05) is 31.1 Å². The van der Waals surface area contributed by atoms with Crippen molar-refractivity contribution in [2.45, 2.75) is 26.3 Å². The minimum Gasteiger partial charge on any atom is -0.338 e. The molecule has 2 saturated heterocycles. The fourth-order valence-corrected chi connectivity index (χ4v) is 2.72. The van der Waals surface area contributed by atoms with Gasteiger partial charge in [-0.3, -0.25) is 4.79 Å². The lowest BCUT2D eigenvalue weighted by Crippen LogP contribution is -2.59. The molecule has 0 aromatic rings. The largest absolute Gasteiger partial charge is 0.338 e. The van der Waals surface area contributed by atoms with Crippen molar-refractivity contribution in [1.82, 2.24) is 9.80 Å². The van der Waals surface area contributed by atoms with Gasteiger partial charge < -0.3 is 9.80 Å². The molecule has 0 aromatic carbocycles. The van der Waals surface area contributed by atoms with Crippen LogP contribution in [0.3, 0.4) is 0 Å². The SMILES string of the molecule is C=CC(=O)N1CC2(CCN(C(C)C)C2)C1. The molecule has 2 heterocycles. The maximum absolute atomic E-state index is 11.3. The number of rotatable bonds is 2. The topological polar surface area (TPSA) is 23.6 Å². The molecule has 1 spiro atoms. The summed E-state index contributed by atoms with van der Waals surface area (Å²) in [7, 11) is 0. The predicted molar refractivity (Wildman–Crippen MR) is 60.5 cm³/mol. The molecule has 0 radical (unpaired) electrons. The van der Waals surface area contributed by atoms with Crippen LogP contribution < -0.4 is 0 Å². The normalized spacial score (nSPS) is 24.6. The minimum absolute atomic E-state index is 0.0867. The van der Waals surface area contributed by atoms with E-state index in [2.05, 4.69) is 25.3 Å². The van der Waals surface area contributed by atoms with E-state index >= 15 is 0 Å². The van der Waals surface area contributed by atoms with Gasteiger partial charge in [-0.05, 0) is 32.9 Å². The van der Waals surface area contributed by atoms with Crippen molar-refractivity contribution in [3.63, 3.8) is 0 Å². The number of amides is 1. The average Bonchev–Trinajstić information content (AvgIpc) is 2.59. The highest BCUT2D eigenvalue weighted by atomic mass is 16.2. The van der Waals surface area contributed by atoms with E-state index in [0.717, 1.165) is 19.6 Å². The van der Waals surface area contributed by atoms with Crippen molar-refractivity contribution in [3.8, 4) is 0 Å². The highest BCUT2D eigenvalue weighted by molar-refractivity contribution is 5.87. The molecular formula is C12H20N2O. The lowest BCUT2D eigenvalue weighted by atomic mass is 9.79. The third-order valence-corrected chi connectivity index (χ3v) is 3.74. The molecule has 0 bridgehead atoms. The molecule has 0 N–H and O–H groups in total. The number of hydrogen-bond acceptors (Lipinski definition) is 2. The predicted octanol–water partition coefficient (Wildman–Crippen LogP) is 1.12. The van der Waals surface area contributed by atoms with Gasteiger partial charge in [0.05, 0.1) is 0 Å². The number of likely N-dealkylation sites (tertiary alicyclic amines) is 2. The Labute approximate surface area is 91.7 Å². The van der Waals surface area contributed by atoms with E-state index in [0.29, 0.717) is 11.5 Å². The molecule has 0 saturated carbocycles. The third-order valence-electron chi connectivity index (χ3n) is 3.74. The fourth-order valence-electron chi connectivity index (χ4n) is 2.72. The molecule has 0 aromatic heterocycles. The van der Waals surface area contributed by atoms with Crippen molar-refractivity contribution in [2.24, 2.45) is 5.41 Å². The summed E-state index contributed by atoms with van der Waals surface area (Å²) in [6.45, 7) is 12.2. The maximum Gasteiger partial charge on any atom is 0.245 e. The number of carbonyl (C=O) groups excluding carboxylic acids is 1. The van der Waals surface area contributed by atoms with Crippen LogP contribution in [0, 0.1) is 5.41 Å². The zero-order valence-electron chi connectivity index (χ0n) is 9.70. The summed E-state index contributed by atoms with van der Waals surface area (Å²) in [4.78, 5) is 15.8. The van der Waals surface area contributed by atoms with Gasteiger partial charge in [-0.2, -0.15) is 0 Å². The second-order valence-electron chi connectivity index (χ2n) is 5.21. The number of carbonyl (C=O) groups is 1. The number of nitrogens with zero attached hydrogens (tertiary/aromatic N) is 2. The minimum atomic E-state index is 0.0867. The van der Waals surface area contributed by atoms with Gasteiger partial charge in [0.2, 0.25) is 5.91 Å². The molecule has 0 atom stereocenters. The van der Waals surface area contributed by atoms with E-state index in [1.54, 1.807) is 0 Å². The van der Waals surface area contributed by atoms with Gasteiger partial charge in [0.15, 0.2) is 0 Å². The van der Waals surface area contributed by atoms with Crippen LogP contribution in [0.4, 0.5) is 0 Å². The summed E-state index contributed by atoms with van der Waals surface area (Å²) in [6.07, 6.45) is 2.66. The quantitative estimate of drug-likeness (QED) is 0.635. The monoisotopic (exact) mass is 208 g/mol. The standard InChI is InChI=1S/C12H20N2O/c1-4-11(15)14-8-12(9-14)5-6-13(7-12)10(2)3/h4,10H,1,5-9H2,2-3H3. The summed E-state index contributed by atoms with van der Waals surface area (Å²) in [5.41, 5.74) is 0.406. The Morgan fingerprint density at radius 3 is 2.53 bits per heavy atom. The first-order valence-electron chi connectivity index (χ1n) is 5.72. The molecule has 84 valence electrons. The van der Waals surface area contributed by atoms with E-state index in [1.807, 2.05) is 4.90 Å². The van der Waals surface area contributed by atoms with Crippen LogP contribution >= 0.6 is 0 Å². The highest BCUT2D eigenvalue weighted by Crippen LogP contribution is 2.40. The van der Waals surface area contributed by atoms with Gasteiger partial charge in [0.1, 0.15) is 0 Å². The Bertz CT molecular complexity index is 279. The first-order chi connectivity index (χ1) is 7.06. The molecule has 0 unspecified atom stereocenters. The molecule has 2 fully saturated rings. The van der Waals surface area contributed by atoms with Gasteiger partial charge in [-0.15, -0.1) is 0 Å². The molecule has 1 amide bonds. The van der Waals surface area contributed by atoms with Gasteiger partial charge >= 0.3 is 0 Å². The van der Waals surface area contributed by atoms with Crippen molar-refractivity contribution < 1.29 is 4.79 Å². The fraction of sp³-hybridized carbons (Fsp3) is 0.750. The van der Waals surface area contributed by atoms with Crippen LogP contribution in [0.5, 0.6) is 0 Å². The van der Waals surface area contributed by atoms with Gasteiger partial charge in [-0.25, -0.2) is 0 Å². The van der Waals surface area contributed by atoms with Crippen LogP contribution in [0.15, 0.2) is 12.7 Å². The molecule has 15 heavy (non-hydrogen) atoms. The molecular weight excluding hydrogens is 188 g/mol. The van der Waals surface area contributed by atoms with Crippen LogP contribution in [0.2, 0.25) is 0 Å². The second kappa shape index (κ2) is 3.63. The first kappa shape index (κ1) is 10.7. The first-order valence-corrected chi connectivity index (χ1v) is 5.72. The Kier molecular flexibility index (Phi) is 2.59. The Morgan fingerprint density at radius 1 is 1.40 bits per heavy atom. The zero-order chi connectivity index (χ0) is 11.1. The van der Waals surface area contributed by atoms with Crippen LogP contribution in [-0.2, 0) is 4.79 Å². The summed E-state index contributed by atoms with van der Waals surface area (Å²) in [5, 5.41) is 0. The smallest absolute Gasteiger partial charge is 0.245 e. The summed E-state index contributed by atoms with van der Waals surface area (Å²) in [6, 6.07) is 0.633. The summed E-state index contributed by atoms with van der Waals surface area (Å²) < 4.78 is 0. The third kappa shape index (κ3) is 1.81. The van der Waals surface area contributed by atoms with E-state index in [-0.39, 0.29) is 5.91 Å².